The van der Waals surface area contributed by atoms with Gasteiger partial charge in [0.15, 0.2) is 0 Å². The average molecular weight is 376 g/mol. The fourth-order valence-corrected chi connectivity index (χ4v) is 3.35. The molecule has 0 atom stereocenters. The van der Waals surface area contributed by atoms with E-state index in [0.29, 0.717) is 17.7 Å². The summed E-state index contributed by atoms with van der Waals surface area (Å²) in [5, 5.41) is 9.02. The van der Waals surface area contributed by atoms with Crippen molar-refractivity contribution in [3.8, 4) is 22.9 Å². The summed E-state index contributed by atoms with van der Waals surface area (Å²) < 4.78 is 7.59. The lowest BCUT2D eigenvalue weighted by molar-refractivity contribution is 0.305. The Hall–Kier alpha value is -2.97. The molecule has 1 aromatic heterocycles. The van der Waals surface area contributed by atoms with Gasteiger partial charge in [-0.2, -0.15) is 5.26 Å². The Morgan fingerprint density at radius 1 is 1.15 bits per heavy atom. The van der Waals surface area contributed by atoms with Gasteiger partial charge in [-0.15, -0.1) is 11.8 Å². The minimum atomic E-state index is 0.00798. The van der Waals surface area contributed by atoms with Crippen LogP contribution in [0.1, 0.15) is 16.7 Å². The number of pyridine rings is 1. The highest BCUT2D eigenvalue weighted by molar-refractivity contribution is 7.98. The predicted molar refractivity (Wildman–Crippen MR) is 109 cm³/mol. The first-order valence-corrected chi connectivity index (χ1v) is 9.71. The van der Waals surface area contributed by atoms with E-state index in [4.69, 9.17) is 10.00 Å². The van der Waals surface area contributed by atoms with Gasteiger partial charge in [-0.1, -0.05) is 12.1 Å². The Balaban J connectivity index is 1.92. The first kappa shape index (κ1) is 18.8. The molecule has 136 valence electrons. The normalized spacial score (nSPS) is 10.4. The summed E-state index contributed by atoms with van der Waals surface area (Å²) in [6.07, 6.45) is 3.86. The molecule has 4 nitrogen and oxygen atoms in total. The van der Waals surface area contributed by atoms with E-state index in [0.717, 1.165) is 27.3 Å². The number of hydrogen-bond donors (Lipinski definition) is 0. The van der Waals surface area contributed by atoms with Gasteiger partial charge in [0, 0.05) is 23.7 Å². The van der Waals surface area contributed by atoms with Crippen LogP contribution in [-0.2, 0) is 13.7 Å². The van der Waals surface area contributed by atoms with Crippen LogP contribution >= 0.6 is 11.8 Å². The molecule has 0 bridgehead atoms. The van der Waals surface area contributed by atoms with E-state index >= 15 is 0 Å². The molecule has 0 saturated heterocycles. The Bertz CT molecular complexity index is 1050. The Morgan fingerprint density at radius 2 is 1.96 bits per heavy atom. The maximum absolute atomic E-state index is 12.0. The highest BCUT2D eigenvalue weighted by Gasteiger charge is 2.08. The lowest BCUT2D eigenvalue weighted by atomic mass is 10.1. The van der Waals surface area contributed by atoms with Gasteiger partial charge in [-0.3, -0.25) is 4.79 Å². The van der Waals surface area contributed by atoms with E-state index in [1.54, 1.807) is 29.4 Å². The van der Waals surface area contributed by atoms with E-state index in [9.17, 15) is 4.79 Å². The lowest BCUT2D eigenvalue weighted by Gasteiger charge is -2.12. The number of rotatable bonds is 5. The average Bonchev–Trinajstić information content (AvgIpc) is 2.70. The number of benzene rings is 2. The van der Waals surface area contributed by atoms with Gasteiger partial charge in [-0.05, 0) is 66.3 Å². The molecule has 27 heavy (non-hydrogen) atoms. The zero-order valence-corrected chi connectivity index (χ0v) is 16.3. The van der Waals surface area contributed by atoms with Crippen LogP contribution in [0, 0.1) is 18.3 Å². The first-order chi connectivity index (χ1) is 13.0. The van der Waals surface area contributed by atoms with Crippen molar-refractivity contribution in [1.82, 2.24) is 4.57 Å². The van der Waals surface area contributed by atoms with Gasteiger partial charge in [0.2, 0.25) is 0 Å². The highest BCUT2D eigenvalue weighted by Crippen LogP contribution is 2.30. The monoisotopic (exact) mass is 376 g/mol. The molecule has 3 aromatic rings. The highest BCUT2D eigenvalue weighted by atomic mass is 32.2. The van der Waals surface area contributed by atoms with Crippen molar-refractivity contribution in [3.63, 3.8) is 0 Å². The molecule has 5 heteroatoms. The molecular formula is C22H20N2O2S. The second-order valence-corrected chi connectivity index (χ2v) is 7.21. The molecule has 0 radical (unpaired) electrons. The van der Waals surface area contributed by atoms with Crippen molar-refractivity contribution >= 4 is 11.8 Å². The summed E-state index contributed by atoms with van der Waals surface area (Å²) in [5.74, 6) is 0.755. The molecule has 1 heterocycles. The van der Waals surface area contributed by atoms with Gasteiger partial charge in [0.1, 0.15) is 12.4 Å². The molecule has 0 N–H and O–H groups in total. The van der Waals surface area contributed by atoms with Crippen molar-refractivity contribution < 1.29 is 4.74 Å². The fraction of sp³-hybridized carbons (Fsp3) is 0.182. The van der Waals surface area contributed by atoms with Gasteiger partial charge in [-0.25, -0.2) is 0 Å². The quantitative estimate of drug-likeness (QED) is 0.614. The maximum atomic E-state index is 12.0. The summed E-state index contributed by atoms with van der Waals surface area (Å²) >= 11 is 1.64. The number of nitrogens with zero attached hydrogens (tertiary/aromatic N) is 2. The van der Waals surface area contributed by atoms with Crippen LogP contribution in [0.4, 0.5) is 0 Å². The summed E-state index contributed by atoms with van der Waals surface area (Å²) in [7, 11) is 1.76. The molecule has 2 aromatic carbocycles. The van der Waals surface area contributed by atoms with Crippen LogP contribution in [-0.4, -0.2) is 10.8 Å². The summed E-state index contributed by atoms with van der Waals surface area (Å²) in [6.45, 7) is 2.21. The fourth-order valence-electron chi connectivity index (χ4n) is 2.87. The Kier molecular flexibility index (Phi) is 5.68. The molecule has 0 saturated carbocycles. The van der Waals surface area contributed by atoms with Crippen LogP contribution in [0.2, 0.25) is 0 Å². The second-order valence-electron chi connectivity index (χ2n) is 6.33. The van der Waals surface area contributed by atoms with Gasteiger partial charge in [0.05, 0.1) is 11.6 Å². The SMILES string of the molecule is CSc1cc(OCc2cccc(C#N)c2)cc(-c2cc(C)c(=O)n(C)c2)c1. The lowest BCUT2D eigenvalue weighted by Crippen LogP contribution is -2.18. The van der Waals surface area contributed by atoms with Gasteiger partial charge < -0.3 is 9.30 Å². The van der Waals surface area contributed by atoms with E-state index < -0.39 is 0 Å². The van der Waals surface area contributed by atoms with Gasteiger partial charge >= 0.3 is 0 Å². The summed E-state index contributed by atoms with van der Waals surface area (Å²) in [4.78, 5) is 13.0. The maximum Gasteiger partial charge on any atom is 0.253 e. The molecule has 0 spiro atoms. The molecule has 0 aliphatic heterocycles. The van der Waals surface area contributed by atoms with Crippen LogP contribution in [0.5, 0.6) is 5.75 Å². The van der Waals surface area contributed by atoms with Crippen LogP contribution in [0.3, 0.4) is 0 Å². The molecule has 0 fully saturated rings. The van der Waals surface area contributed by atoms with Crippen molar-refractivity contribution in [2.24, 2.45) is 7.05 Å². The molecule has 3 rings (SSSR count). The number of ether oxygens (including phenoxy) is 1. The Morgan fingerprint density at radius 3 is 2.67 bits per heavy atom. The summed E-state index contributed by atoms with van der Waals surface area (Å²) in [6, 6.07) is 17.5. The third kappa shape index (κ3) is 4.42. The molecule has 0 amide bonds. The largest absolute Gasteiger partial charge is 0.489 e. The third-order valence-electron chi connectivity index (χ3n) is 4.27. The minimum Gasteiger partial charge on any atom is -0.489 e. The molecular weight excluding hydrogens is 356 g/mol. The summed E-state index contributed by atoms with van der Waals surface area (Å²) in [5.41, 5.74) is 4.26. The van der Waals surface area contributed by atoms with Crippen molar-refractivity contribution in [1.29, 1.82) is 5.26 Å². The minimum absolute atomic E-state index is 0.00798. The van der Waals surface area contributed by atoms with Crippen LogP contribution in [0.25, 0.3) is 11.1 Å². The van der Waals surface area contributed by atoms with Crippen molar-refractivity contribution in [2.75, 3.05) is 6.26 Å². The molecule has 0 aliphatic rings. The zero-order chi connectivity index (χ0) is 19.4. The van der Waals surface area contributed by atoms with E-state index in [2.05, 4.69) is 12.1 Å². The van der Waals surface area contributed by atoms with Crippen molar-refractivity contribution in [2.45, 2.75) is 18.4 Å². The van der Waals surface area contributed by atoms with Crippen LogP contribution in [0.15, 0.2) is 64.4 Å². The number of thioether (sulfide) groups is 1. The predicted octanol–water partition coefficient (Wildman–Crippen LogP) is 4.53. The standard InChI is InChI=1S/C22H20N2O2S/c1-15-7-19(13-24(2)22(15)25)18-9-20(11-21(10-18)27-3)26-14-17-6-4-5-16(8-17)12-23/h4-11,13H,14H2,1-3H3. The van der Waals surface area contributed by atoms with E-state index in [1.165, 1.54) is 0 Å². The van der Waals surface area contributed by atoms with E-state index in [1.807, 2.05) is 55.8 Å². The van der Waals surface area contributed by atoms with Crippen molar-refractivity contribution in [3.05, 3.63) is 81.8 Å². The number of aromatic nitrogens is 1. The Labute approximate surface area is 163 Å². The molecule has 0 unspecified atom stereocenters. The van der Waals surface area contributed by atoms with Gasteiger partial charge in [0.25, 0.3) is 5.56 Å². The second kappa shape index (κ2) is 8.15. The zero-order valence-electron chi connectivity index (χ0n) is 15.5. The smallest absolute Gasteiger partial charge is 0.253 e. The number of hydrogen-bond acceptors (Lipinski definition) is 4. The van der Waals surface area contributed by atoms with Crippen LogP contribution < -0.4 is 10.3 Å². The first-order valence-electron chi connectivity index (χ1n) is 8.48. The topological polar surface area (TPSA) is 55.0 Å². The van der Waals surface area contributed by atoms with E-state index in [-0.39, 0.29) is 5.56 Å². The number of aryl methyl sites for hydroxylation is 2. The number of nitriles is 1. The third-order valence-corrected chi connectivity index (χ3v) is 4.98. The molecule has 0 aliphatic carbocycles.